The van der Waals surface area contributed by atoms with E-state index in [1.165, 1.54) is 0 Å². The summed E-state index contributed by atoms with van der Waals surface area (Å²) in [6.07, 6.45) is 5.39. The maximum absolute atomic E-state index is 13.6. The third-order valence-electron chi connectivity index (χ3n) is 3.18. The van der Waals surface area contributed by atoms with Crippen molar-refractivity contribution in [3.8, 4) is 5.75 Å². The predicted octanol–water partition coefficient (Wildman–Crippen LogP) is 4.68. The minimum atomic E-state index is -2.09. The Hall–Kier alpha value is -1.79. The zero-order valence-electron chi connectivity index (χ0n) is 12.2. The first-order valence-electron chi connectivity index (χ1n) is 7.13. The van der Waals surface area contributed by atoms with Crippen LogP contribution >= 0.6 is 0 Å². The minimum absolute atomic E-state index is 0.106. The van der Waals surface area contributed by atoms with Gasteiger partial charge in [0, 0.05) is 0 Å². The predicted molar refractivity (Wildman–Crippen MR) is 72.1 cm³/mol. The van der Waals surface area contributed by atoms with E-state index in [1.54, 1.807) is 0 Å². The van der Waals surface area contributed by atoms with Crippen molar-refractivity contribution in [2.75, 3.05) is 6.61 Å². The molecule has 1 rings (SSSR count). The van der Waals surface area contributed by atoms with Gasteiger partial charge in [0.05, 0.1) is 6.61 Å². The number of unbranched alkanes of at least 4 members (excludes halogenated alkanes) is 5. The molecule has 1 aromatic carbocycles. The van der Waals surface area contributed by atoms with Gasteiger partial charge in [-0.05, 0) is 6.42 Å². The zero-order chi connectivity index (χ0) is 16.7. The van der Waals surface area contributed by atoms with Crippen LogP contribution in [0.2, 0.25) is 0 Å². The van der Waals surface area contributed by atoms with Crippen LogP contribution in [0.1, 0.15) is 55.8 Å². The molecule has 3 nitrogen and oxygen atoms in total. The van der Waals surface area contributed by atoms with Crippen molar-refractivity contribution in [3.63, 3.8) is 0 Å². The second-order valence-corrected chi connectivity index (χ2v) is 4.88. The lowest BCUT2D eigenvalue weighted by Crippen LogP contribution is -2.12. The van der Waals surface area contributed by atoms with Crippen LogP contribution in [0.15, 0.2) is 0 Å². The van der Waals surface area contributed by atoms with Gasteiger partial charge in [-0.25, -0.2) is 13.6 Å². The van der Waals surface area contributed by atoms with E-state index >= 15 is 0 Å². The number of carbonyl (C=O) groups is 1. The van der Waals surface area contributed by atoms with Gasteiger partial charge in [-0.15, -0.1) is 0 Å². The molecular formula is C15H18F4O3. The lowest BCUT2D eigenvalue weighted by atomic mass is 10.1. The summed E-state index contributed by atoms with van der Waals surface area (Å²) in [5.74, 6) is -10.9. The lowest BCUT2D eigenvalue weighted by Gasteiger charge is -2.11. The van der Waals surface area contributed by atoms with Crippen LogP contribution in [0.25, 0.3) is 0 Å². The molecule has 0 aliphatic heterocycles. The molecule has 0 amide bonds. The number of hydrogen-bond donors (Lipinski definition) is 1. The molecule has 0 saturated heterocycles. The molecule has 1 aromatic rings. The maximum Gasteiger partial charge on any atom is 0.341 e. The highest BCUT2D eigenvalue weighted by molar-refractivity contribution is 5.88. The summed E-state index contributed by atoms with van der Waals surface area (Å²) >= 11 is 0. The van der Waals surface area contributed by atoms with Crippen LogP contribution in [0.3, 0.4) is 0 Å². The lowest BCUT2D eigenvalue weighted by molar-refractivity contribution is 0.0682. The molecule has 124 valence electrons. The van der Waals surface area contributed by atoms with Crippen molar-refractivity contribution in [2.45, 2.75) is 45.4 Å². The van der Waals surface area contributed by atoms with Gasteiger partial charge >= 0.3 is 5.97 Å². The van der Waals surface area contributed by atoms with E-state index < -0.39 is 40.6 Å². The molecular weight excluding hydrogens is 304 g/mol. The molecule has 1 N–H and O–H groups in total. The maximum atomic E-state index is 13.6. The van der Waals surface area contributed by atoms with Gasteiger partial charge < -0.3 is 9.84 Å². The van der Waals surface area contributed by atoms with E-state index in [0.717, 1.165) is 32.1 Å². The third kappa shape index (κ3) is 4.35. The van der Waals surface area contributed by atoms with Crippen molar-refractivity contribution in [2.24, 2.45) is 0 Å². The van der Waals surface area contributed by atoms with E-state index in [4.69, 9.17) is 9.84 Å². The number of rotatable bonds is 9. The fraction of sp³-hybridized carbons (Fsp3) is 0.533. The van der Waals surface area contributed by atoms with Crippen LogP contribution in [0, 0.1) is 23.3 Å². The summed E-state index contributed by atoms with van der Waals surface area (Å²) in [5, 5.41) is 8.55. The quantitative estimate of drug-likeness (QED) is 0.408. The fourth-order valence-corrected chi connectivity index (χ4v) is 1.98. The highest BCUT2D eigenvalue weighted by Crippen LogP contribution is 2.30. The first kappa shape index (κ1) is 18.3. The van der Waals surface area contributed by atoms with Crippen LogP contribution < -0.4 is 4.74 Å². The van der Waals surface area contributed by atoms with Gasteiger partial charge in [0.1, 0.15) is 5.56 Å². The molecule has 0 spiro atoms. The largest absolute Gasteiger partial charge is 0.487 e. The number of carboxylic acid groups (broad SMARTS) is 1. The zero-order valence-corrected chi connectivity index (χ0v) is 12.2. The Morgan fingerprint density at radius 1 is 0.909 bits per heavy atom. The van der Waals surface area contributed by atoms with Crippen LogP contribution in [0.4, 0.5) is 17.6 Å². The number of hydrogen-bond acceptors (Lipinski definition) is 2. The smallest absolute Gasteiger partial charge is 0.341 e. The van der Waals surface area contributed by atoms with Crippen molar-refractivity contribution in [1.82, 2.24) is 0 Å². The number of carboxylic acids is 1. The van der Waals surface area contributed by atoms with E-state index in [9.17, 15) is 22.4 Å². The number of benzene rings is 1. The average molecular weight is 322 g/mol. The summed E-state index contributed by atoms with van der Waals surface area (Å²) in [5.41, 5.74) is -1.66. The third-order valence-corrected chi connectivity index (χ3v) is 3.18. The van der Waals surface area contributed by atoms with Gasteiger partial charge in [0.25, 0.3) is 0 Å². The summed E-state index contributed by atoms with van der Waals surface area (Å²) in [6, 6.07) is 0. The monoisotopic (exact) mass is 322 g/mol. The summed E-state index contributed by atoms with van der Waals surface area (Å²) < 4.78 is 58.7. The number of aromatic carboxylic acids is 1. The Kier molecular flexibility index (Phi) is 7.14. The summed E-state index contributed by atoms with van der Waals surface area (Å²) in [6.45, 7) is 1.96. The average Bonchev–Trinajstić information content (AvgIpc) is 2.47. The fourth-order valence-electron chi connectivity index (χ4n) is 1.98. The summed E-state index contributed by atoms with van der Waals surface area (Å²) in [4.78, 5) is 10.6. The minimum Gasteiger partial charge on any atom is -0.487 e. The Labute approximate surface area is 125 Å². The molecule has 0 heterocycles. The standard InChI is InChI=1S/C15H18F4O3/c1-2-3-4-5-6-7-8-22-14-12(18)10(16)9(15(20)21)11(17)13(14)19/h2-8H2,1H3,(H,20,21). The number of halogens is 4. The molecule has 0 bridgehead atoms. The molecule has 0 aliphatic rings. The molecule has 0 aromatic heterocycles. The summed E-state index contributed by atoms with van der Waals surface area (Å²) in [7, 11) is 0. The Morgan fingerprint density at radius 3 is 1.91 bits per heavy atom. The van der Waals surface area contributed by atoms with E-state index in [0.29, 0.717) is 6.42 Å². The topological polar surface area (TPSA) is 46.5 Å². The van der Waals surface area contributed by atoms with Crippen LogP contribution in [0.5, 0.6) is 5.75 Å². The molecule has 22 heavy (non-hydrogen) atoms. The SMILES string of the molecule is CCCCCCCCOc1c(F)c(F)c(C(=O)O)c(F)c1F. The van der Waals surface area contributed by atoms with Crippen molar-refractivity contribution < 1.29 is 32.2 Å². The second-order valence-electron chi connectivity index (χ2n) is 4.88. The number of ether oxygens (including phenoxy) is 1. The van der Waals surface area contributed by atoms with Crippen molar-refractivity contribution in [3.05, 3.63) is 28.8 Å². The van der Waals surface area contributed by atoms with E-state index in [1.807, 2.05) is 0 Å². The molecule has 0 aliphatic carbocycles. The van der Waals surface area contributed by atoms with Crippen molar-refractivity contribution in [1.29, 1.82) is 0 Å². The molecule has 0 fully saturated rings. The molecule has 7 heteroatoms. The highest BCUT2D eigenvalue weighted by atomic mass is 19.2. The first-order chi connectivity index (χ1) is 10.4. The van der Waals surface area contributed by atoms with E-state index in [2.05, 4.69) is 6.92 Å². The Balaban J connectivity index is 2.70. The van der Waals surface area contributed by atoms with Gasteiger partial charge in [-0.1, -0.05) is 39.0 Å². The van der Waals surface area contributed by atoms with Gasteiger partial charge in [0.15, 0.2) is 17.4 Å². The Morgan fingerprint density at radius 2 is 1.41 bits per heavy atom. The molecule has 0 saturated carbocycles. The normalized spacial score (nSPS) is 10.8. The van der Waals surface area contributed by atoms with Gasteiger partial charge in [0.2, 0.25) is 11.6 Å². The molecule has 0 radical (unpaired) electrons. The molecule has 0 unspecified atom stereocenters. The molecule has 0 atom stereocenters. The first-order valence-corrected chi connectivity index (χ1v) is 7.13. The van der Waals surface area contributed by atoms with Gasteiger partial charge in [-0.2, -0.15) is 8.78 Å². The van der Waals surface area contributed by atoms with Crippen molar-refractivity contribution >= 4 is 5.97 Å². The highest BCUT2D eigenvalue weighted by Gasteiger charge is 2.30. The van der Waals surface area contributed by atoms with Gasteiger partial charge in [-0.3, -0.25) is 0 Å². The Bertz CT molecular complexity index is 503. The van der Waals surface area contributed by atoms with E-state index in [-0.39, 0.29) is 6.61 Å². The van der Waals surface area contributed by atoms with Crippen LogP contribution in [-0.4, -0.2) is 17.7 Å². The van der Waals surface area contributed by atoms with Crippen LogP contribution in [-0.2, 0) is 0 Å². The second kappa shape index (κ2) is 8.60.